The van der Waals surface area contributed by atoms with E-state index in [0.29, 0.717) is 0 Å². The molecule has 1 aliphatic heterocycles. The first-order chi connectivity index (χ1) is 27.1. The van der Waals surface area contributed by atoms with E-state index in [4.69, 9.17) is 30.8 Å². The van der Waals surface area contributed by atoms with Gasteiger partial charge in [0.25, 0.3) is 5.78 Å². The first kappa shape index (κ1) is 36.8. The van der Waals surface area contributed by atoms with Crippen molar-refractivity contribution in [2.75, 3.05) is 0 Å². The van der Waals surface area contributed by atoms with Crippen LogP contribution >= 0.6 is 0 Å². The van der Waals surface area contributed by atoms with Gasteiger partial charge in [-0.3, -0.25) is 23.7 Å². The molecule has 4 aromatic rings. The summed E-state index contributed by atoms with van der Waals surface area (Å²) in [7, 11) is 6.46. The number of carbonyl (C=O) groups is 2. The van der Waals surface area contributed by atoms with Crippen molar-refractivity contribution in [2.45, 2.75) is 105 Å². The Morgan fingerprint density at radius 1 is 0.764 bits per heavy atom. The van der Waals surface area contributed by atoms with Gasteiger partial charge in [0.1, 0.15) is 0 Å². The van der Waals surface area contributed by atoms with Crippen molar-refractivity contribution in [3.8, 4) is 22.5 Å². The summed E-state index contributed by atoms with van der Waals surface area (Å²) in [4.78, 5) is 33.1. The molecule has 3 heterocycles. The number of fused-ring (bicyclic) bond motifs is 8. The Morgan fingerprint density at radius 2 is 1.25 bits per heavy atom. The molecule has 9 rings (SSSR count). The van der Waals surface area contributed by atoms with Gasteiger partial charge in [-0.15, -0.1) is 0 Å². The highest BCUT2D eigenvalue weighted by Gasteiger charge is 2.86. The van der Waals surface area contributed by atoms with Crippen molar-refractivity contribution >= 4 is 11.6 Å². The molecule has 286 valence electrons. The van der Waals surface area contributed by atoms with E-state index in [1.54, 1.807) is 0 Å². The van der Waals surface area contributed by atoms with E-state index in [1.807, 2.05) is 93.6 Å². The molecule has 0 bridgehead atoms. The smallest absolute Gasteiger partial charge is 0.307 e. The van der Waals surface area contributed by atoms with Crippen LogP contribution in [-0.4, -0.2) is 43.0 Å². The summed E-state index contributed by atoms with van der Waals surface area (Å²) < 4.78 is 21.3. The molecule has 0 radical (unpaired) electrons. The molecule has 0 spiro atoms. The fraction of sp³-hybridized carbons (Fsp3) is 0.478. The quantitative estimate of drug-likeness (QED) is 0.151. The maximum Gasteiger partial charge on any atom is 0.425 e. The summed E-state index contributed by atoms with van der Waals surface area (Å²) in [5.74, 6) is 0.183. The number of ketones is 2. The number of nitrogens with zero attached hydrogens (tertiary/aromatic N) is 6. The zero-order chi connectivity index (χ0) is 41.9. The molecule has 1 saturated carbocycles. The van der Waals surface area contributed by atoms with Gasteiger partial charge in [-0.1, -0.05) is 123 Å². The number of aryl methyl sites for hydroxylation is 2. The van der Waals surface area contributed by atoms with E-state index in [9.17, 15) is 9.59 Å². The van der Waals surface area contributed by atoms with E-state index in [-0.39, 0.29) is 29.1 Å². The summed E-state index contributed by atoms with van der Waals surface area (Å²) in [6.45, 7) is 27.4. The van der Waals surface area contributed by atoms with Crippen LogP contribution in [0.15, 0.2) is 72.4 Å². The van der Waals surface area contributed by atoms with Crippen LogP contribution in [0.4, 0.5) is 0 Å². The van der Waals surface area contributed by atoms with Gasteiger partial charge >= 0.3 is 5.72 Å². The van der Waals surface area contributed by atoms with E-state index in [1.165, 1.54) is 25.9 Å². The van der Waals surface area contributed by atoms with E-state index >= 15 is 0 Å². The fourth-order valence-electron chi connectivity index (χ4n) is 11.1. The molecule has 0 unspecified atom stereocenters. The molecular weight excluding hydrogens is 685 g/mol. The lowest BCUT2D eigenvalue weighted by Gasteiger charge is -2.49. The van der Waals surface area contributed by atoms with Gasteiger partial charge in [-0.05, 0) is 37.5 Å². The average Bonchev–Trinajstić information content (AvgIpc) is 3.75. The lowest BCUT2D eigenvalue weighted by molar-refractivity contribution is -0.138. The SMILES string of the molecule is [3H]C.[3H]C.[C-]#[N+]C1=C[C@]2(C)c3nn(C)c(-c4ccccc4)c3CC[C@H]2C(C)(C)C1=O.[C-]#[N+][C@@]12O[C@@H]1[C@]1(C)c3nn(C)c(-c4ccccc4)c3CC[C@H]1C(C)(C)C2=O. The number of hydrogen-bond acceptors (Lipinski definition) is 5. The van der Waals surface area contributed by atoms with Crippen LogP contribution in [-0.2, 0) is 52.1 Å². The van der Waals surface area contributed by atoms with Crippen molar-refractivity contribution in [2.24, 2.45) is 36.8 Å². The molecule has 2 aromatic heterocycles. The van der Waals surface area contributed by atoms with Gasteiger partial charge in [-0.25, -0.2) is 11.4 Å². The van der Waals surface area contributed by atoms with Crippen LogP contribution in [0.5, 0.6) is 0 Å². The third-order valence-corrected chi connectivity index (χ3v) is 13.6. The number of carbonyl (C=O) groups excluding carboxylic acids is 2. The lowest BCUT2D eigenvalue weighted by atomic mass is 9.50. The molecule has 6 atom stereocenters. The van der Waals surface area contributed by atoms with Crippen LogP contribution in [0.25, 0.3) is 32.2 Å². The first-order valence-corrected chi connectivity index (χ1v) is 18.6. The summed E-state index contributed by atoms with van der Waals surface area (Å²) in [5, 5.41) is 9.84. The Bertz CT molecular complexity index is 2330. The van der Waals surface area contributed by atoms with E-state index in [2.05, 4.69) is 47.8 Å². The second-order valence-electron chi connectivity index (χ2n) is 17.1. The minimum Gasteiger partial charge on any atom is -0.307 e. The number of ether oxygens (including phenoxy) is 1. The zero-order valence-electron chi connectivity index (χ0n) is 35.8. The molecular formula is C46H54N6O3. The molecule has 2 aromatic carbocycles. The van der Waals surface area contributed by atoms with Crippen molar-refractivity contribution in [1.29, 1.82) is 0 Å². The zero-order valence-corrected chi connectivity index (χ0v) is 33.8. The highest BCUT2D eigenvalue weighted by molar-refractivity contribution is 6.03. The van der Waals surface area contributed by atoms with Crippen LogP contribution in [0.2, 0.25) is 0 Å². The topological polar surface area (TPSA) is 91.0 Å². The molecule has 0 N–H and O–H groups in total. The third-order valence-electron chi connectivity index (χ3n) is 13.6. The van der Waals surface area contributed by atoms with Crippen molar-refractivity contribution in [1.82, 2.24) is 19.6 Å². The molecule has 2 fully saturated rings. The van der Waals surface area contributed by atoms with Gasteiger partial charge in [0.15, 0.2) is 11.9 Å². The highest BCUT2D eigenvalue weighted by Crippen LogP contribution is 2.67. The minimum absolute atomic E-state index is 0.0300. The molecule has 4 aliphatic carbocycles. The number of allylic oxidation sites excluding steroid dienone is 2. The van der Waals surface area contributed by atoms with Gasteiger partial charge in [-0.2, -0.15) is 10.2 Å². The Hall–Kier alpha value is -5.12. The minimum atomic E-state index is -1.31. The van der Waals surface area contributed by atoms with Crippen molar-refractivity contribution in [3.63, 3.8) is 0 Å². The number of rotatable bonds is 2. The summed E-state index contributed by atoms with van der Waals surface area (Å²) in [5.41, 5.74) is 6.08. The predicted octanol–water partition coefficient (Wildman–Crippen LogP) is 9.12. The summed E-state index contributed by atoms with van der Waals surface area (Å²) >= 11 is 0. The molecule has 55 heavy (non-hydrogen) atoms. The number of Topliss-reactive ketones (excluding diaryl/α,β-unsaturated/α-hetero) is 2. The Kier molecular flexibility index (Phi) is 8.70. The standard InChI is InChI=1S/C22H23N3O2.C22H23N3O.2CH4/c1-20(2)15-12-11-14-16(13-9-7-6-8-10-13)25(5)24-17(14)21(15,3)19-22(23-4,27-19)18(20)26;1-21(2)17-12-11-15-18(14-9-7-6-8-10-14)25(5)24-19(15)22(17,3)13-16(23-4)20(21)26;;/h6-10,15,19H,11-12H2,1-3,5H3;6-10,13,17H,11-12H2,1-3,5H3;2*1H4/t15-,19+,21-,22-;17-,22-;;/m00../s1/i;;2*1T. The Balaban J connectivity index is 0.000000178. The van der Waals surface area contributed by atoms with Crippen molar-refractivity contribution < 1.29 is 17.1 Å². The number of epoxide rings is 1. The maximum atomic E-state index is 13.1. The Morgan fingerprint density at radius 3 is 1.76 bits per heavy atom. The monoisotopic (exact) mass is 742 g/mol. The molecule has 0 amide bonds. The largest absolute Gasteiger partial charge is 0.425 e. The van der Waals surface area contributed by atoms with Crippen LogP contribution in [0.1, 0.15) is 94.4 Å². The van der Waals surface area contributed by atoms with Gasteiger partial charge in [0.05, 0.1) is 34.8 Å². The predicted molar refractivity (Wildman–Crippen MR) is 216 cm³/mol. The van der Waals surface area contributed by atoms with Crippen LogP contribution < -0.4 is 0 Å². The highest BCUT2D eigenvalue weighted by atomic mass is 16.6. The van der Waals surface area contributed by atoms with Crippen LogP contribution in [0, 0.1) is 35.8 Å². The molecule has 9 nitrogen and oxygen atoms in total. The first-order valence-electron chi connectivity index (χ1n) is 20.6. The van der Waals surface area contributed by atoms with Gasteiger partial charge in [0.2, 0.25) is 5.70 Å². The normalized spacial score (nSPS) is 30.3. The number of aromatic nitrogens is 4. The third kappa shape index (κ3) is 5.19. The van der Waals surface area contributed by atoms with Crippen LogP contribution in [0.3, 0.4) is 0 Å². The van der Waals surface area contributed by atoms with E-state index in [0.717, 1.165) is 59.6 Å². The molecule has 9 heteroatoms. The summed E-state index contributed by atoms with van der Waals surface area (Å²) in [6, 6.07) is 20.6. The second kappa shape index (κ2) is 13.0. The lowest BCUT2D eigenvalue weighted by Crippen LogP contribution is -2.59. The second-order valence-corrected chi connectivity index (χ2v) is 17.1. The Labute approximate surface area is 329 Å². The maximum absolute atomic E-state index is 13.1. The summed E-state index contributed by atoms with van der Waals surface area (Å²) in [6.07, 6.45) is 5.12. The molecule has 5 aliphatic rings. The number of benzene rings is 2. The number of hydrogen-bond donors (Lipinski definition) is 0. The van der Waals surface area contributed by atoms with E-state index < -0.39 is 33.5 Å². The molecule has 1 saturated heterocycles. The average molecular weight is 743 g/mol. The van der Waals surface area contributed by atoms with Gasteiger partial charge in [0, 0.05) is 55.3 Å². The van der Waals surface area contributed by atoms with Gasteiger partial charge < -0.3 is 4.79 Å². The fourth-order valence-corrected chi connectivity index (χ4v) is 11.1. The van der Waals surface area contributed by atoms with Crippen molar-refractivity contribution in [3.05, 3.63) is 118 Å².